The van der Waals surface area contributed by atoms with Crippen molar-refractivity contribution in [1.82, 2.24) is 14.8 Å². The minimum absolute atomic E-state index is 0.0603. The number of hydrogen-bond donors (Lipinski definition) is 1. The van der Waals surface area contributed by atoms with Crippen molar-refractivity contribution in [3.63, 3.8) is 0 Å². The molecule has 1 atom stereocenters. The third kappa shape index (κ3) is 4.66. The Kier molecular flexibility index (Phi) is 6.54. The van der Waals surface area contributed by atoms with Crippen molar-refractivity contribution in [2.24, 2.45) is 5.92 Å². The zero-order valence-electron chi connectivity index (χ0n) is 20.7. The molecule has 0 spiro atoms. The van der Waals surface area contributed by atoms with Crippen LogP contribution < -0.4 is 5.32 Å². The molecule has 1 aliphatic heterocycles. The van der Waals surface area contributed by atoms with Gasteiger partial charge in [0.05, 0.1) is 18.5 Å². The second-order valence-corrected chi connectivity index (χ2v) is 10.4. The lowest BCUT2D eigenvalue weighted by Gasteiger charge is -2.45. The van der Waals surface area contributed by atoms with Gasteiger partial charge in [0, 0.05) is 12.6 Å². The van der Waals surface area contributed by atoms with Crippen molar-refractivity contribution in [2.75, 3.05) is 6.54 Å². The predicted octanol–water partition coefficient (Wildman–Crippen LogP) is 5.29. The molecule has 2 aliphatic rings. The van der Waals surface area contributed by atoms with Gasteiger partial charge in [0.2, 0.25) is 5.91 Å². The first-order valence-electron chi connectivity index (χ1n) is 12.9. The summed E-state index contributed by atoms with van der Waals surface area (Å²) in [4.78, 5) is 29.4. The van der Waals surface area contributed by atoms with Crippen LogP contribution in [0.25, 0.3) is 11.5 Å². The van der Waals surface area contributed by atoms with Gasteiger partial charge in [0.1, 0.15) is 17.0 Å². The van der Waals surface area contributed by atoms with Crippen molar-refractivity contribution in [3.05, 3.63) is 72.1 Å². The number of amides is 2. The van der Waals surface area contributed by atoms with E-state index in [0.29, 0.717) is 30.5 Å². The molecule has 1 saturated carbocycles. The van der Waals surface area contributed by atoms with Crippen LogP contribution in [0, 0.1) is 5.92 Å². The molecule has 3 aromatic rings. The van der Waals surface area contributed by atoms with E-state index in [1.165, 1.54) is 5.56 Å². The average Bonchev–Trinajstić information content (AvgIpc) is 3.53. The van der Waals surface area contributed by atoms with Crippen molar-refractivity contribution in [2.45, 2.75) is 70.5 Å². The van der Waals surface area contributed by atoms with E-state index in [1.54, 1.807) is 11.2 Å². The fourth-order valence-corrected chi connectivity index (χ4v) is 5.59. The van der Waals surface area contributed by atoms with Crippen LogP contribution in [-0.4, -0.2) is 39.4 Å². The fraction of sp³-hybridized carbons (Fsp3) is 0.448. The Balaban J connectivity index is 1.41. The maximum atomic E-state index is 13.8. The molecule has 0 bridgehead atoms. The molecular weight excluding hydrogens is 438 g/mol. The lowest BCUT2D eigenvalue weighted by Crippen LogP contribution is -2.65. The van der Waals surface area contributed by atoms with Crippen LogP contribution in [0.15, 0.2) is 65.3 Å². The zero-order valence-corrected chi connectivity index (χ0v) is 20.7. The highest BCUT2D eigenvalue weighted by molar-refractivity contribution is 6.00. The van der Waals surface area contributed by atoms with Gasteiger partial charge in [0.15, 0.2) is 0 Å². The fourth-order valence-electron chi connectivity index (χ4n) is 5.59. The number of hydrogen-bond acceptors (Lipinski definition) is 3. The molecule has 6 nitrogen and oxygen atoms in total. The molecule has 6 heteroatoms. The quantitative estimate of drug-likeness (QED) is 0.507. The van der Waals surface area contributed by atoms with Gasteiger partial charge >= 0.3 is 0 Å². The van der Waals surface area contributed by atoms with Gasteiger partial charge in [-0.3, -0.25) is 9.59 Å². The Morgan fingerprint density at radius 2 is 1.77 bits per heavy atom. The molecule has 1 fully saturated rings. The molecule has 3 heterocycles. The standard InChI is InChI=1S/C29H35N3O3/c1-21-12-14-23(15-13-21)30-28(34)29(2)20-31-24(26-11-7-19-35-26)16-17-25(31)27(33)32(29)18-6-10-22-8-4-3-5-9-22/h3-5,7-9,11,16-17,19,21,23H,6,10,12-15,18,20H2,1-2H3,(H,30,34)/t21?,23?,29-/m0/s1. The molecule has 35 heavy (non-hydrogen) atoms. The van der Waals surface area contributed by atoms with E-state index in [4.69, 9.17) is 4.42 Å². The lowest BCUT2D eigenvalue weighted by atomic mass is 9.86. The summed E-state index contributed by atoms with van der Waals surface area (Å²) in [5.74, 6) is 1.25. The van der Waals surface area contributed by atoms with Crippen molar-refractivity contribution >= 4 is 11.8 Å². The summed E-state index contributed by atoms with van der Waals surface area (Å²) in [6.45, 7) is 5.12. The summed E-state index contributed by atoms with van der Waals surface area (Å²) >= 11 is 0. The van der Waals surface area contributed by atoms with E-state index in [9.17, 15) is 9.59 Å². The van der Waals surface area contributed by atoms with Crippen molar-refractivity contribution in [1.29, 1.82) is 0 Å². The minimum atomic E-state index is -0.982. The van der Waals surface area contributed by atoms with Gasteiger partial charge in [-0.15, -0.1) is 0 Å². The summed E-state index contributed by atoms with van der Waals surface area (Å²) < 4.78 is 7.59. The van der Waals surface area contributed by atoms with Crippen LogP contribution in [-0.2, 0) is 17.8 Å². The van der Waals surface area contributed by atoms with Gasteiger partial charge in [-0.2, -0.15) is 0 Å². The van der Waals surface area contributed by atoms with Crippen LogP contribution in [0.4, 0.5) is 0 Å². The van der Waals surface area contributed by atoms with Gasteiger partial charge in [-0.05, 0) is 81.2 Å². The maximum Gasteiger partial charge on any atom is 0.271 e. The number of fused-ring (bicyclic) bond motifs is 1. The SMILES string of the molecule is CC1CCC(NC(=O)[C@]2(C)Cn3c(ccc3-c3ccco3)C(=O)N2CCCc2ccccc2)CC1. The highest BCUT2D eigenvalue weighted by atomic mass is 16.3. The third-order valence-electron chi connectivity index (χ3n) is 7.81. The highest BCUT2D eigenvalue weighted by Crippen LogP contribution is 2.34. The first-order valence-corrected chi connectivity index (χ1v) is 12.9. The summed E-state index contributed by atoms with van der Waals surface area (Å²) in [6.07, 6.45) is 7.55. The first-order chi connectivity index (χ1) is 17.0. The number of furan rings is 1. The number of nitrogens with one attached hydrogen (secondary N) is 1. The Morgan fingerprint density at radius 3 is 2.49 bits per heavy atom. The summed E-state index contributed by atoms with van der Waals surface area (Å²) in [7, 11) is 0. The van der Waals surface area contributed by atoms with Crippen molar-refractivity contribution < 1.29 is 14.0 Å². The number of aryl methyl sites for hydroxylation is 1. The molecule has 1 N–H and O–H groups in total. The average molecular weight is 474 g/mol. The van der Waals surface area contributed by atoms with E-state index >= 15 is 0 Å². The van der Waals surface area contributed by atoms with Crippen LogP contribution in [0.2, 0.25) is 0 Å². The molecular formula is C29H35N3O3. The molecule has 1 aromatic carbocycles. The van der Waals surface area contributed by atoms with E-state index in [2.05, 4.69) is 24.4 Å². The minimum Gasteiger partial charge on any atom is -0.463 e. The van der Waals surface area contributed by atoms with Gasteiger partial charge in [0.25, 0.3) is 5.91 Å². The van der Waals surface area contributed by atoms with Crippen LogP contribution in [0.3, 0.4) is 0 Å². The molecule has 184 valence electrons. The van der Waals surface area contributed by atoms with Crippen LogP contribution in [0.5, 0.6) is 0 Å². The Labute approximate surface area is 207 Å². The molecule has 1 aliphatic carbocycles. The first kappa shape index (κ1) is 23.5. The smallest absolute Gasteiger partial charge is 0.271 e. The Hall–Kier alpha value is -3.28. The number of benzene rings is 1. The van der Waals surface area contributed by atoms with Gasteiger partial charge in [-0.25, -0.2) is 0 Å². The normalized spacial score (nSPS) is 24.3. The molecule has 2 aromatic heterocycles. The van der Waals surface area contributed by atoms with Crippen LogP contribution in [0.1, 0.15) is 62.0 Å². The van der Waals surface area contributed by atoms with Crippen molar-refractivity contribution in [3.8, 4) is 11.5 Å². The molecule has 0 unspecified atom stereocenters. The largest absolute Gasteiger partial charge is 0.463 e. The Bertz CT molecular complexity index is 1160. The van der Waals surface area contributed by atoms with Gasteiger partial charge < -0.3 is 19.2 Å². The number of carbonyl (C=O) groups is 2. The number of nitrogens with zero attached hydrogens (tertiary/aromatic N) is 2. The zero-order chi connectivity index (χ0) is 24.4. The van der Waals surface area contributed by atoms with E-state index < -0.39 is 5.54 Å². The lowest BCUT2D eigenvalue weighted by molar-refractivity contribution is -0.133. The summed E-state index contributed by atoms with van der Waals surface area (Å²) in [6, 6.07) is 18.0. The molecule has 2 amide bonds. The second-order valence-electron chi connectivity index (χ2n) is 10.4. The van der Waals surface area contributed by atoms with Crippen LogP contribution >= 0.6 is 0 Å². The third-order valence-corrected chi connectivity index (χ3v) is 7.81. The number of rotatable bonds is 7. The topological polar surface area (TPSA) is 67.5 Å². The molecule has 0 radical (unpaired) electrons. The van der Waals surface area contributed by atoms with E-state index in [-0.39, 0.29) is 17.9 Å². The monoisotopic (exact) mass is 473 g/mol. The summed E-state index contributed by atoms with van der Waals surface area (Å²) in [5, 5.41) is 3.32. The maximum absolute atomic E-state index is 13.8. The number of carbonyl (C=O) groups excluding carboxylic acids is 2. The molecule has 5 rings (SSSR count). The second kappa shape index (κ2) is 9.76. The van der Waals surface area contributed by atoms with E-state index in [0.717, 1.165) is 44.2 Å². The number of aromatic nitrogens is 1. The Morgan fingerprint density at radius 1 is 1.03 bits per heavy atom. The highest BCUT2D eigenvalue weighted by Gasteiger charge is 2.48. The molecule has 0 saturated heterocycles. The van der Waals surface area contributed by atoms with Gasteiger partial charge in [-0.1, -0.05) is 37.3 Å². The summed E-state index contributed by atoms with van der Waals surface area (Å²) in [5.41, 5.74) is 1.69. The van der Waals surface area contributed by atoms with E-state index in [1.807, 2.05) is 54.0 Å². The predicted molar refractivity (Wildman–Crippen MR) is 136 cm³/mol.